The summed E-state index contributed by atoms with van der Waals surface area (Å²) in [5, 5.41) is 6.97. The fourth-order valence-electron chi connectivity index (χ4n) is 6.00. The third-order valence-corrected chi connectivity index (χ3v) is 10.1. The second kappa shape index (κ2) is 13.9. The third kappa shape index (κ3) is 7.36. The molecule has 2 heterocycles. The van der Waals surface area contributed by atoms with Crippen LogP contribution in [0.4, 0.5) is 11.4 Å². The minimum Gasteiger partial charge on any atom is -0.366 e. The molecule has 2 aliphatic heterocycles. The highest BCUT2D eigenvalue weighted by Crippen LogP contribution is 2.29. The molecule has 238 valence electrons. The van der Waals surface area contributed by atoms with Gasteiger partial charge < -0.3 is 20.4 Å². The zero-order valence-corrected chi connectivity index (χ0v) is 26.8. The second-order valence-corrected chi connectivity index (χ2v) is 13.7. The van der Waals surface area contributed by atoms with Gasteiger partial charge in [-0.25, -0.2) is 8.42 Å². The first-order valence-corrected chi connectivity index (χ1v) is 17.2. The van der Waals surface area contributed by atoms with Crippen LogP contribution < -0.4 is 20.3 Å². The molecule has 0 aromatic heterocycles. The summed E-state index contributed by atoms with van der Waals surface area (Å²) < 4.78 is 28.8. The van der Waals surface area contributed by atoms with Crippen LogP contribution in [0.1, 0.15) is 16.7 Å². The van der Waals surface area contributed by atoms with E-state index in [2.05, 4.69) is 26.3 Å². The predicted octanol–water partition coefficient (Wildman–Crippen LogP) is 4.23. The van der Waals surface area contributed by atoms with Crippen LogP contribution in [0.25, 0.3) is 0 Å². The Hall–Kier alpha value is -4.38. The summed E-state index contributed by atoms with van der Waals surface area (Å²) >= 11 is 6.11. The number of hydrogen-bond donors (Lipinski definition) is 3. The number of rotatable bonds is 9. The molecule has 4 aromatic carbocycles. The smallest absolute Gasteiger partial charge is 0.261 e. The standard InChI is InChI=1S/C35H36ClN5O4S/c36-28-16-14-25(15-17-28)22-32(38-34(42)31-23-26-8-4-5-9-27(26)24-37-31)35(43)41-20-18-40(19-21-41)33-13-7-6-12-30(33)39-46(44,45)29-10-2-1-3-11-29/h1-17,31-32,37,39H,18-24H2,(H,38,42). The minimum atomic E-state index is -3.77. The number of benzene rings is 4. The van der Waals surface area contributed by atoms with Crippen molar-refractivity contribution in [1.29, 1.82) is 0 Å². The predicted molar refractivity (Wildman–Crippen MR) is 180 cm³/mol. The van der Waals surface area contributed by atoms with Gasteiger partial charge in [0.15, 0.2) is 0 Å². The summed E-state index contributed by atoms with van der Waals surface area (Å²) in [6.07, 6.45) is 0.880. The van der Waals surface area contributed by atoms with E-state index >= 15 is 0 Å². The van der Waals surface area contributed by atoms with Crippen molar-refractivity contribution in [3.05, 3.63) is 125 Å². The van der Waals surface area contributed by atoms with Gasteiger partial charge in [0.25, 0.3) is 10.0 Å². The topological polar surface area (TPSA) is 111 Å². The lowest BCUT2D eigenvalue weighted by Crippen LogP contribution is -2.58. The molecule has 6 rings (SSSR count). The number of para-hydroxylation sites is 2. The van der Waals surface area contributed by atoms with Crippen molar-refractivity contribution in [3.63, 3.8) is 0 Å². The number of piperazine rings is 1. The number of carbonyl (C=O) groups is 2. The number of fused-ring (bicyclic) bond motifs is 1. The average Bonchev–Trinajstić information content (AvgIpc) is 3.09. The van der Waals surface area contributed by atoms with Gasteiger partial charge in [0.2, 0.25) is 11.8 Å². The van der Waals surface area contributed by atoms with Crippen LogP contribution in [0.2, 0.25) is 5.02 Å². The molecule has 2 aliphatic rings. The van der Waals surface area contributed by atoms with Crippen molar-refractivity contribution in [2.75, 3.05) is 35.8 Å². The molecule has 0 saturated carbocycles. The average molecular weight is 658 g/mol. The SMILES string of the molecule is O=C(NC(Cc1ccc(Cl)cc1)C(=O)N1CCN(c2ccccc2NS(=O)(=O)c2ccccc2)CC1)C1Cc2ccccc2CN1. The summed E-state index contributed by atoms with van der Waals surface area (Å²) in [6.45, 7) is 2.42. The molecule has 0 aliphatic carbocycles. The van der Waals surface area contributed by atoms with Crippen LogP contribution in [-0.4, -0.2) is 63.4 Å². The van der Waals surface area contributed by atoms with Gasteiger partial charge in [-0.1, -0.05) is 78.3 Å². The lowest BCUT2D eigenvalue weighted by molar-refractivity contribution is -0.137. The van der Waals surface area contributed by atoms with E-state index in [9.17, 15) is 18.0 Å². The highest BCUT2D eigenvalue weighted by Gasteiger charge is 2.32. The van der Waals surface area contributed by atoms with Crippen LogP contribution in [0.3, 0.4) is 0 Å². The van der Waals surface area contributed by atoms with E-state index in [4.69, 9.17) is 11.6 Å². The third-order valence-electron chi connectivity index (χ3n) is 8.50. The molecule has 2 atom stereocenters. The lowest BCUT2D eigenvalue weighted by Gasteiger charge is -2.38. The summed E-state index contributed by atoms with van der Waals surface area (Å²) in [5.74, 6) is -0.364. The lowest BCUT2D eigenvalue weighted by atomic mass is 9.95. The maximum absolute atomic E-state index is 14.0. The number of halogens is 1. The number of nitrogens with one attached hydrogen (secondary N) is 3. The van der Waals surface area contributed by atoms with E-state index in [0.29, 0.717) is 56.3 Å². The normalized spacial score (nSPS) is 17.1. The molecule has 0 radical (unpaired) electrons. The van der Waals surface area contributed by atoms with Crippen LogP contribution in [0.15, 0.2) is 108 Å². The molecule has 4 aromatic rings. The van der Waals surface area contributed by atoms with E-state index in [-0.39, 0.29) is 16.7 Å². The van der Waals surface area contributed by atoms with Gasteiger partial charge in [0, 0.05) is 44.2 Å². The number of amides is 2. The highest BCUT2D eigenvalue weighted by molar-refractivity contribution is 7.92. The van der Waals surface area contributed by atoms with Gasteiger partial charge in [0.1, 0.15) is 6.04 Å². The van der Waals surface area contributed by atoms with Crippen LogP contribution in [0, 0.1) is 0 Å². The number of hydrogen-bond acceptors (Lipinski definition) is 6. The number of anilines is 2. The summed E-state index contributed by atoms with van der Waals surface area (Å²) in [6, 6.07) is 29.7. The molecule has 3 N–H and O–H groups in total. The largest absolute Gasteiger partial charge is 0.366 e. The Morgan fingerprint density at radius 2 is 1.48 bits per heavy atom. The summed E-state index contributed by atoms with van der Waals surface area (Å²) in [7, 11) is -3.77. The quantitative estimate of drug-likeness (QED) is 0.249. The van der Waals surface area contributed by atoms with Gasteiger partial charge in [-0.2, -0.15) is 0 Å². The zero-order chi connectivity index (χ0) is 32.1. The fraction of sp³-hybridized carbons (Fsp3) is 0.257. The minimum absolute atomic E-state index is 0.155. The van der Waals surface area contributed by atoms with E-state index in [0.717, 1.165) is 16.8 Å². The van der Waals surface area contributed by atoms with E-state index in [1.54, 1.807) is 59.5 Å². The van der Waals surface area contributed by atoms with Crippen molar-refractivity contribution >= 4 is 44.8 Å². The molecule has 11 heteroatoms. The molecular weight excluding hydrogens is 622 g/mol. The molecule has 2 unspecified atom stereocenters. The maximum atomic E-state index is 14.0. The molecule has 0 bridgehead atoms. The molecule has 9 nitrogen and oxygen atoms in total. The van der Waals surface area contributed by atoms with Crippen molar-refractivity contribution in [3.8, 4) is 0 Å². The first kappa shape index (κ1) is 31.6. The van der Waals surface area contributed by atoms with Crippen LogP contribution >= 0.6 is 11.6 Å². The Bertz CT molecular complexity index is 1800. The van der Waals surface area contributed by atoms with E-state index in [1.165, 1.54) is 5.56 Å². The molecular formula is C35H36ClN5O4S. The highest BCUT2D eigenvalue weighted by atomic mass is 35.5. The van der Waals surface area contributed by atoms with E-state index < -0.39 is 22.1 Å². The first-order valence-electron chi connectivity index (χ1n) is 15.3. The first-order chi connectivity index (χ1) is 22.3. The Labute approximate surface area is 274 Å². The molecule has 0 spiro atoms. The summed E-state index contributed by atoms with van der Waals surface area (Å²) in [4.78, 5) is 31.5. The van der Waals surface area contributed by atoms with Gasteiger partial charge in [-0.15, -0.1) is 0 Å². The zero-order valence-electron chi connectivity index (χ0n) is 25.2. The second-order valence-electron chi connectivity index (χ2n) is 11.5. The van der Waals surface area contributed by atoms with Crippen molar-refractivity contribution in [1.82, 2.24) is 15.5 Å². The Kier molecular flexibility index (Phi) is 9.58. The fourth-order valence-corrected chi connectivity index (χ4v) is 7.22. The molecule has 2 amide bonds. The Morgan fingerprint density at radius 3 is 2.22 bits per heavy atom. The van der Waals surface area contributed by atoms with Crippen molar-refractivity contribution in [2.45, 2.75) is 36.4 Å². The molecule has 46 heavy (non-hydrogen) atoms. The van der Waals surface area contributed by atoms with Crippen LogP contribution in [-0.2, 0) is 39.0 Å². The van der Waals surface area contributed by atoms with Crippen molar-refractivity contribution < 1.29 is 18.0 Å². The number of nitrogens with zero attached hydrogens (tertiary/aromatic N) is 2. The van der Waals surface area contributed by atoms with Crippen LogP contribution in [0.5, 0.6) is 0 Å². The molecule has 1 fully saturated rings. The Balaban J connectivity index is 1.14. The van der Waals surface area contributed by atoms with Gasteiger partial charge in [0.05, 0.1) is 22.3 Å². The Morgan fingerprint density at radius 1 is 0.826 bits per heavy atom. The maximum Gasteiger partial charge on any atom is 0.261 e. The van der Waals surface area contributed by atoms with E-state index in [1.807, 2.05) is 42.5 Å². The number of sulfonamides is 1. The van der Waals surface area contributed by atoms with Gasteiger partial charge >= 0.3 is 0 Å². The van der Waals surface area contributed by atoms with Gasteiger partial charge in [-0.05, 0) is 59.5 Å². The number of carbonyl (C=O) groups excluding carboxylic acids is 2. The van der Waals surface area contributed by atoms with Gasteiger partial charge in [-0.3, -0.25) is 14.3 Å². The van der Waals surface area contributed by atoms with Crippen molar-refractivity contribution in [2.24, 2.45) is 0 Å². The summed E-state index contributed by atoms with van der Waals surface area (Å²) in [5.41, 5.74) is 4.41. The monoisotopic (exact) mass is 657 g/mol. The molecule has 1 saturated heterocycles.